The Morgan fingerprint density at radius 3 is 2.65 bits per heavy atom. The van der Waals surface area contributed by atoms with Crippen LogP contribution in [0.25, 0.3) is 0 Å². The number of carbonyl (C=O) groups is 2. The molecule has 0 saturated heterocycles. The molecule has 0 unspecified atom stereocenters. The first kappa shape index (κ1) is 20.1. The summed E-state index contributed by atoms with van der Waals surface area (Å²) in [5.74, 6) is -0.236. The van der Waals surface area contributed by atoms with Crippen molar-refractivity contribution in [3.05, 3.63) is 47.0 Å². The zero-order valence-corrected chi connectivity index (χ0v) is 16.3. The van der Waals surface area contributed by atoms with E-state index in [9.17, 15) is 9.59 Å². The van der Waals surface area contributed by atoms with Gasteiger partial charge in [-0.15, -0.1) is 11.3 Å². The summed E-state index contributed by atoms with van der Waals surface area (Å²) in [6.07, 6.45) is 0.219. The van der Waals surface area contributed by atoms with Crippen LogP contribution in [0.2, 0.25) is 0 Å². The number of hydrogen-bond donors (Lipinski definition) is 2. The van der Waals surface area contributed by atoms with Gasteiger partial charge in [-0.3, -0.25) is 9.59 Å². The predicted octanol–water partition coefficient (Wildman–Crippen LogP) is 2.53. The Balaban J connectivity index is 1.69. The summed E-state index contributed by atoms with van der Waals surface area (Å²) in [4.78, 5) is 30.1. The molecule has 1 aromatic heterocycles. The van der Waals surface area contributed by atoms with E-state index >= 15 is 0 Å². The number of aromatic nitrogens is 1. The fraction of sp³-hybridized carbons (Fsp3) is 0.421. The summed E-state index contributed by atoms with van der Waals surface area (Å²) >= 11 is 1.34. The molecule has 7 heteroatoms. The van der Waals surface area contributed by atoms with E-state index in [4.69, 9.17) is 0 Å². The molecule has 0 aliphatic rings. The van der Waals surface area contributed by atoms with Crippen molar-refractivity contribution in [2.75, 3.05) is 25.5 Å². The van der Waals surface area contributed by atoms with Crippen molar-refractivity contribution >= 4 is 28.3 Å². The lowest BCUT2D eigenvalue weighted by atomic mass is 10.2. The zero-order chi connectivity index (χ0) is 18.9. The monoisotopic (exact) mass is 374 g/mol. The fourth-order valence-corrected chi connectivity index (χ4v) is 3.00. The molecular formula is C19H26N4O2S. The van der Waals surface area contributed by atoms with Crippen LogP contribution in [0.3, 0.4) is 0 Å². The Morgan fingerprint density at radius 2 is 1.96 bits per heavy atom. The summed E-state index contributed by atoms with van der Waals surface area (Å²) in [5, 5.41) is 8.00. The molecule has 1 heterocycles. The maximum absolute atomic E-state index is 12.0. The number of anilines is 1. The minimum atomic E-state index is -0.0986. The normalized spacial score (nSPS) is 11.0. The number of rotatable bonds is 9. The smallest absolute Gasteiger partial charge is 0.228 e. The van der Waals surface area contributed by atoms with Crippen molar-refractivity contribution in [1.82, 2.24) is 15.2 Å². The SMILES string of the molecule is CC(C)C(=O)Nc1nc(CC(=O)NCCN(C)Cc2ccccc2)cs1. The first-order valence-electron chi connectivity index (χ1n) is 8.68. The number of nitrogens with zero attached hydrogens (tertiary/aromatic N) is 2. The third-order valence-electron chi connectivity index (χ3n) is 3.76. The summed E-state index contributed by atoms with van der Waals surface area (Å²) < 4.78 is 0. The lowest BCUT2D eigenvalue weighted by Gasteiger charge is -2.16. The van der Waals surface area contributed by atoms with Gasteiger partial charge in [-0.05, 0) is 12.6 Å². The average Bonchev–Trinajstić information content (AvgIpc) is 3.02. The second-order valence-corrected chi connectivity index (χ2v) is 7.40. The molecule has 0 bridgehead atoms. The van der Waals surface area contributed by atoms with Crippen molar-refractivity contribution in [2.24, 2.45) is 5.92 Å². The Labute approximate surface area is 158 Å². The number of thiazole rings is 1. The summed E-state index contributed by atoms with van der Waals surface area (Å²) in [7, 11) is 2.03. The van der Waals surface area contributed by atoms with Gasteiger partial charge in [0.15, 0.2) is 5.13 Å². The highest BCUT2D eigenvalue weighted by Gasteiger charge is 2.12. The van der Waals surface area contributed by atoms with Crippen LogP contribution >= 0.6 is 11.3 Å². The van der Waals surface area contributed by atoms with Gasteiger partial charge in [-0.25, -0.2) is 4.98 Å². The van der Waals surface area contributed by atoms with E-state index in [0.717, 1.165) is 13.1 Å². The van der Waals surface area contributed by atoms with Gasteiger partial charge < -0.3 is 15.5 Å². The summed E-state index contributed by atoms with van der Waals surface area (Å²) in [5.41, 5.74) is 1.92. The van der Waals surface area contributed by atoms with E-state index in [2.05, 4.69) is 32.7 Å². The molecule has 2 amide bonds. The van der Waals surface area contributed by atoms with Crippen molar-refractivity contribution < 1.29 is 9.59 Å². The van der Waals surface area contributed by atoms with E-state index in [0.29, 0.717) is 17.4 Å². The van der Waals surface area contributed by atoms with E-state index in [-0.39, 0.29) is 24.2 Å². The van der Waals surface area contributed by atoms with Gasteiger partial charge in [-0.2, -0.15) is 0 Å². The van der Waals surface area contributed by atoms with E-state index in [1.165, 1.54) is 16.9 Å². The Bertz CT molecular complexity index is 715. The first-order valence-corrected chi connectivity index (χ1v) is 9.56. The lowest BCUT2D eigenvalue weighted by molar-refractivity contribution is -0.120. The standard InChI is InChI=1S/C19H26N4O2S/c1-14(2)18(25)22-19-21-16(13-26-19)11-17(24)20-9-10-23(3)12-15-7-5-4-6-8-15/h4-8,13-14H,9-12H2,1-3H3,(H,20,24)(H,21,22,25). The maximum Gasteiger partial charge on any atom is 0.228 e. The minimum Gasteiger partial charge on any atom is -0.354 e. The quantitative estimate of drug-likeness (QED) is 0.707. The van der Waals surface area contributed by atoms with Gasteiger partial charge in [0.2, 0.25) is 11.8 Å². The molecule has 2 aromatic rings. The van der Waals surface area contributed by atoms with E-state index in [1.54, 1.807) is 5.38 Å². The third kappa shape index (κ3) is 6.93. The first-order chi connectivity index (χ1) is 12.4. The van der Waals surface area contributed by atoms with Crippen molar-refractivity contribution in [3.63, 3.8) is 0 Å². The molecular weight excluding hydrogens is 348 g/mol. The van der Waals surface area contributed by atoms with Crippen LogP contribution in [0.1, 0.15) is 25.1 Å². The highest BCUT2D eigenvalue weighted by atomic mass is 32.1. The molecule has 2 rings (SSSR count). The van der Waals surface area contributed by atoms with E-state index in [1.807, 2.05) is 39.1 Å². The third-order valence-corrected chi connectivity index (χ3v) is 4.57. The van der Waals surface area contributed by atoms with Crippen molar-refractivity contribution in [2.45, 2.75) is 26.8 Å². The molecule has 140 valence electrons. The molecule has 0 fully saturated rings. The Kier molecular flexibility index (Phi) is 7.74. The molecule has 0 spiro atoms. The van der Waals surface area contributed by atoms with Gasteiger partial charge in [0.05, 0.1) is 12.1 Å². The number of likely N-dealkylation sites (N-methyl/N-ethyl adjacent to an activating group) is 1. The molecule has 1 aromatic carbocycles. The maximum atomic E-state index is 12.0. The van der Waals surface area contributed by atoms with Crippen molar-refractivity contribution in [3.8, 4) is 0 Å². The number of carbonyl (C=O) groups excluding carboxylic acids is 2. The van der Waals surface area contributed by atoms with Crippen LogP contribution in [-0.2, 0) is 22.6 Å². The average molecular weight is 375 g/mol. The number of nitrogens with one attached hydrogen (secondary N) is 2. The van der Waals surface area contributed by atoms with Gasteiger partial charge >= 0.3 is 0 Å². The largest absolute Gasteiger partial charge is 0.354 e. The van der Waals surface area contributed by atoms with Crippen LogP contribution in [0, 0.1) is 5.92 Å². The number of amides is 2. The molecule has 0 radical (unpaired) electrons. The highest BCUT2D eigenvalue weighted by molar-refractivity contribution is 7.13. The summed E-state index contributed by atoms with van der Waals surface area (Å²) in [6.45, 7) is 5.86. The van der Waals surface area contributed by atoms with Gasteiger partial charge in [-0.1, -0.05) is 44.2 Å². The van der Waals surface area contributed by atoms with Crippen molar-refractivity contribution in [1.29, 1.82) is 0 Å². The topological polar surface area (TPSA) is 74.3 Å². The van der Waals surface area contributed by atoms with Gasteiger partial charge in [0.25, 0.3) is 0 Å². The molecule has 6 nitrogen and oxygen atoms in total. The zero-order valence-electron chi connectivity index (χ0n) is 15.5. The number of benzene rings is 1. The predicted molar refractivity (Wildman–Crippen MR) is 105 cm³/mol. The van der Waals surface area contributed by atoms with Crippen LogP contribution in [0.5, 0.6) is 0 Å². The fourth-order valence-electron chi connectivity index (χ4n) is 2.28. The van der Waals surface area contributed by atoms with Crippen LogP contribution in [0.15, 0.2) is 35.7 Å². The number of hydrogen-bond acceptors (Lipinski definition) is 5. The van der Waals surface area contributed by atoms with Crippen LogP contribution in [0.4, 0.5) is 5.13 Å². The van der Waals surface area contributed by atoms with E-state index < -0.39 is 0 Å². The second-order valence-electron chi connectivity index (χ2n) is 6.54. The second kappa shape index (κ2) is 10.0. The molecule has 0 aliphatic heterocycles. The van der Waals surface area contributed by atoms with Gasteiger partial charge in [0, 0.05) is 30.9 Å². The molecule has 26 heavy (non-hydrogen) atoms. The van der Waals surface area contributed by atoms with Gasteiger partial charge in [0.1, 0.15) is 0 Å². The summed E-state index contributed by atoms with van der Waals surface area (Å²) in [6, 6.07) is 10.2. The Morgan fingerprint density at radius 1 is 1.23 bits per heavy atom. The van der Waals surface area contributed by atoms with Crippen LogP contribution < -0.4 is 10.6 Å². The molecule has 0 aliphatic carbocycles. The van der Waals surface area contributed by atoms with Crippen LogP contribution in [-0.4, -0.2) is 41.8 Å². The Hall–Kier alpha value is -2.25. The molecule has 0 saturated carbocycles. The highest BCUT2D eigenvalue weighted by Crippen LogP contribution is 2.16. The lowest BCUT2D eigenvalue weighted by Crippen LogP contribution is -2.33. The minimum absolute atomic E-state index is 0.0647. The molecule has 2 N–H and O–H groups in total. The molecule has 0 atom stereocenters.